The number of ketones is 1. The van der Waals surface area contributed by atoms with Crippen LogP contribution in [0.2, 0.25) is 0 Å². The van der Waals surface area contributed by atoms with Gasteiger partial charge in [0.2, 0.25) is 5.91 Å². The zero-order valence-electron chi connectivity index (χ0n) is 7.66. The van der Waals surface area contributed by atoms with Crippen molar-refractivity contribution in [3.05, 3.63) is 35.4 Å². The van der Waals surface area contributed by atoms with Crippen molar-refractivity contribution in [2.24, 2.45) is 5.73 Å². The Morgan fingerprint density at radius 2 is 1.93 bits per heavy atom. The molecule has 0 aromatic heterocycles. The molecule has 0 spiro atoms. The molecule has 0 aliphatic rings. The first-order valence-corrected chi connectivity index (χ1v) is 5.02. The summed E-state index contributed by atoms with van der Waals surface area (Å²) >= 11 is 3.17. The molecule has 0 saturated heterocycles. The standard InChI is InChI=1S/C10H10BrNO2/c1-6(11)9(13)7-3-2-4-8(5-7)10(12)14/h2-6H,1H3,(H2,12,14). The number of hydrogen-bond acceptors (Lipinski definition) is 2. The lowest BCUT2D eigenvalue weighted by Crippen LogP contribution is -2.14. The molecule has 14 heavy (non-hydrogen) atoms. The summed E-state index contributed by atoms with van der Waals surface area (Å²) in [6.45, 7) is 1.74. The minimum absolute atomic E-state index is 0.0619. The predicted octanol–water partition coefficient (Wildman–Crippen LogP) is 1.75. The van der Waals surface area contributed by atoms with E-state index in [4.69, 9.17) is 5.73 Å². The van der Waals surface area contributed by atoms with Gasteiger partial charge in [-0.05, 0) is 19.1 Å². The van der Waals surface area contributed by atoms with Gasteiger partial charge in [0.05, 0.1) is 4.83 Å². The van der Waals surface area contributed by atoms with Crippen LogP contribution >= 0.6 is 15.9 Å². The molecule has 0 aliphatic heterocycles. The monoisotopic (exact) mass is 255 g/mol. The van der Waals surface area contributed by atoms with Crippen molar-refractivity contribution in [2.45, 2.75) is 11.8 Å². The lowest BCUT2D eigenvalue weighted by molar-refractivity contribution is 0.0995. The Bertz CT molecular complexity index is 374. The highest BCUT2D eigenvalue weighted by Gasteiger charge is 2.12. The maximum absolute atomic E-state index is 11.5. The van der Waals surface area contributed by atoms with Crippen molar-refractivity contribution in [3.8, 4) is 0 Å². The molecule has 74 valence electrons. The van der Waals surface area contributed by atoms with E-state index in [1.807, 2.05) is 0 Å². The molecule has 1 aromatic rings. The van der Waals surface area contributed by atoms with E-state index in [0.29, 0.717) is 11.1 Å². The average molecular weight is 256 g/mol. The number of carbonyl (C=O) groups excluding carboxylic acids is 2. The Morgan fingerprint density at radius 1 is 1.36 bits per heavy atom. The van der Waals surface area contributed by atoms with Gasteiger partial charge in [-0.15, -0.1) is 0 Å². The van der Waals surface area contributed by atoms with E-state index >= 15 is 0 Å². The van der Waals surface area contributed by atoms with Crippen LogP contribution in [0.4, 0.5) is 0 Å². The van der Waals surface area contributed by atoms with E-state index < -0.39 is 5.91 Å². The Balaban J connectivity index is 3.06. The molecule has 3 nitrogen and oxygen atoms in total. The molecule has 4 heteroatoms. The van der Waals surface area contributed by atoms with Gasteiger partial charge in [-0.1, -0.05) is 28.1 Å². The molecule has 1 atom stereocenters. The zero-order chi connectivity index (χ0) is 10.7. The predicted molar refractivity (Wildman–Crippen MR) is 57.7 cm³/mol. The van der Waals surface area contributed by atoms with Crippen LogP contribution in [0.25, 0.3) is 0 Å². The largest absolute Gasteiger partial charge is 0.366 e. The number of Topliss-reactive ketones (excluding diaryl/α,β-unsaturated/α-hetero) is 1. The molecular formula is C10H10BrNO2. The van der Waals surface area contributed by atoms with Gasteiger partial charge in [0.1, 0.15) is 0 Å². The number of carbonyl (C=O) groups is 2. The molecule has 0 fully saturated rings. The number of rotatable bonds is 3. The summed E-state index contributed by atoms with van der Waals surface area (Å²) in [6, 6.07) is 6.38. The lowest BCUT2D eigenvalue weighted by Gasteiger charge is -2.03. The van der Waals surface area contributed by atoms with Crippen LogP contribution in [0.1, 0.15) is 27.6 Å². The van der Waals surface area contributed by atoms with Crippen LogP contribution in [0, 0.1) is 0 Å². The van der Waals surface area contributed by atoms with Gasteiger partial charge in [-0.2, -0.15) is 0 Å². The van der Waals surface area contributed by atoms with Crippen molar-refractivity contribution < 1.29 is 9.59 Å². The van der Waals surface area contributed by atoms with E-state index in [2.05, 4.69) is 15.9 Å². The van der Waals surface area contributed by atoms with Crippen molar-refractivity contribution in [1.82, 2.24) is 0 Å². The summed E-state index contributed by atoms with van der Waals surface area (Å²) in [6.07, 6.45) is 0. The van der Waals surface area contributed by atoms with Gasteiger partial charge in [0.25, 0.3) is 0 Å². The topological polar surface area (TPSA) is 60.2 Å². The second-order valence-electron chi connectivity index (χ2n) is 2.93. The molecular weight excluding hydrogens is 246 g/mol. The van der Waals surface area contributed by atoms with E-state index in [1.165, 1.54) is 6.07 Å². The SMILES string of the molecule is CC(Br)C(=O)c1cccc(C(N)=O)c1. The fourth-order valence-electron chi connectivity index (χ4n) is 1.06. The molecule has 0 bridgehead atoms. The highest BCUT2D eigenvalue weighted by Crippen LogP contribution is 2.11. The summed E-state index contributed by atoms with van der Waals surface area (Å²) in [7, 11) is 0. The molecule has 1 unspecified atom stereocenters. The molecule has 0 aliphatic carbocycles. The zero-order valence-corrected chi connectivity index (χ0v) is 9.24. The third kappa shape index (κ3) is 2.42. The van der Waals surface area contributed by atoms with Crippen LogP contribution in [-0.2, 0) is 0 Å². The second kappa shape index (κ2) is 4.37. The van der Waals surface area contributed by atoms with Gasteiger partial charge < -0.3 is 5.73 Å². The Labute approximate surface area is 90.4 Å². The van der Waals surface area contributed by atoms with Crippen LogP contribution in [0.5, 0.6) is 0 Å². The number of amides is 1. The van der Waals surface area contributed by atoms with Crippen LogP contribution in [0.15, 0.2) is 24.3 Å². The lowest BCUT2D eigenvalue weighted by atomic mass is 10.1. The smallest absolute Gasteiger partial charge is 0.248 e. The summed E-state index contributed by atoms with van der Waals surface area (Å²) in [4.78, 5) is 22.1. The maximum Gasteiger partial charge on any atom is 0.248 e. The number of nitrogens with two attached hydrogens (primary N) is 1. The molecule has 1 rings (SSSR count). The van der Waals surface area contributed by atoms with Gasteiger partial charge in [0.15, 0.2) is 5.78 Å². The molecule has 2 N–H and O–H groups in total. The van der Waals surface area contributed by atoms with Gasteiger partial charge in [-0.3, -0.25) is 9.59 Å². The fraction of sp³-hybridized carbons (Fsp3) is 0.200. The summed E-state index contributed by atoms with van der Waals surface area (Å²) in [5.74, 6) is -0.588. The Morgan fingerprint density at radius 3 is 2.43 bits per heavy atom. The second-order valence-corrected chi connectivity index (χ2v) is 4.30. The minimum atomic E-state index is -0.526. The van der Waals surface area contributed by atoms with Crippen molar-refractivity contribution in [1.29, 1.82) is 0 Å². The van der Waals surface area contributed by atoms with E-state index in [1.54, 1.807) is 25.1 Å². The number of alkyl halides is 1. The quantitative estimate of drug-likeness (QED) is 0.661. The Hall–Kier alpha value is -1.16. The first kappa shape index (κ1) is 10.9. The van der Waals surface area contributed by atoms with E-state index in [-0.39, 0.29) is 10.6 Å². The molecule has 0 radical (unpaired) electrons. The summed E-state index contributed by atoms with van der Waals surface area (Å²) < 4.78 is 0. The third-order valence-electron chi connectivity index (χ3n) is 1.79. The minimum Gasteiger partial charge on any atom is -0.366 e. The van der Waals surface area contributed by atoms with Gasteiger partial charge in [0, 0.05) is 11.1 Å². The number of benzene rings is 1. The van der Waals surface area contributed by atoms with Gasteiger partial charge >= 0.3 is 0 Å². The van der Waals surface area contributed by atoms with Crippen molar-refractivity contribution in [3.63, 3.8) is 0 Å². The van der Waals surface area contributed by atoms with Gasteiger partial charge in [-0.25, -0.2) is 0 Å². The average Bonchev–Trinajstić information content (AvgIpc) is 2.16. The first-order valence-electron chi connectivity index (χ1n) is 4.10. The normalized spacial score (nSPS) is 12.1. The van der Waals surface area contributed by atoms with Crippen molar-refractivity contribution in [2.75, 3.05) is 0 Å². The number of halogens is 1. The highest BCUT2D eigenvalue weighted by molar-refractivity contribution is 9.10. The summed E-state index contributed by atoms with van der Waals surface area (Å²) in [5.41, 5.74) is 5.94. The Kier molecular flexibility index (Phi) is 3.41. The maximum atomic E-state index is 11.5. The van der Waals surface area contributed by atoms with E-state index in [9.17, 15) is 9.59 Å². The van der Waals surface area contributed by atoms with Crippen molar-refractivity contribution >= 4 is 27.6 Å². The number of hydrogen-bond donors (Lipinski definition) is 1. The highest BCUT2D eigenvalue weighted by atomic mass is 79.9. The molecule has 0 heterocycles. The van der Waals surface area contributed by atoms with Crippen LogP contribution < -0.4 is 5.73 Å². The van der Waals surface area contributed by atoms with Crippen LogP contribution in [0.3, 0.4) is 0 Å². The molecule has 1 amide bonds. The fourth-order valence-corrected chi connectivity index (χ4v) is 1.32. The third-order valence-corrected chi connectivity index (χ3v) is 2.21. The number of primary amides is 1. The summed E-state index contributed by atoms with van der Waals surface area (Å²) in [5, 5.41) is 0. The molecule has 1 aromatic carbocycles. The first-order chi connectivity index (χ1) is 6.52. The van der Waals surface area contributed by atoms with E-state index in [0.717, 1.165) is 0 Å². The molecule has 0 saturated carbocycles. The van der Waals surface area contributed by atoms with Crippen LogP contribution in [-0.4, -0.2) is 16.5 Å².